The van der Waals surface area contributed by atoms with Gasteiger partial charge in [0.2, 0.25) is 0 Å². The van der Waals surface area contributed by atoms with Crippen LogP contribution in [-0.4, -0.2) is 30.6 Å². The zero-order chi connectivity index (χ0) is 7.98. The second-order valence-electron chi connectivity index (χ2n) is 1.81. The number of halogens is 1. The lowest BCUT2D eigenvalue weighted by atomic mass is 10.4. The van der Waals surface area contributed by atoms with Crippen LogP contribution >= 0.6 is 24.2 Å². The van der Waals surface area contributed by atoms with Crippen molar-refractivity contribution in [1.82, 2.24) is 0 Å². The van der Waals surface area contributed by atoms with Gasteiger partial charge in [-0.15, -0.1) is 12.4 Å². The maximum Gasteiger partial charge on any atom is 0.323 e. The highest BCUT2D eigenvalue weighted by atomic mass is 35.5. The van der Waals surface area contributed by atoms with Gasteiger partial charge in [0.1, 0.15) is 6.04 Å². The zero-order valence-electron chi connectivity index (χ0n) is 6.70. The van der Waals surface area contributed by atoms with E-state index in [0.29, 0.717) is 12.4 Å². The predicted octanol–water partition coefficient (Wildman–Crippen LogP) is 0.662. The number of rotatable bonds is 4. The van der Waals surface area contributed by atoms with Gasteiger partial charge >= 0.3 is 5.97 Å². The topological polar surface area (TPSA) is 52.3 Å². The van der Waals surface area contributed by atoms with Gasteiger partial charge in [-0.25, -0.2) is 0 Å². The van der Waals surface area contributed by atoms with Crippen molar-refractivity contribution >= 4 is 30.1 Å². The predicted molar refractivity (Wildman–Crippen MR) is 50.2 cm³/mol. The minimum Gasteiger partial charge on any atom is -0.465 e. The van der Waals surface area contributed by atoms with E-state index in [9.17, 15) is 4.79 Å². The van der Waals surface area contributed by atoms with E-state index in [0.717, 1.165) is 0 Å². The third-order valence-electron chi connectivity index (χ3n) is 0.936. The summed E-state index contributed by atoms with van der Waals surface area (Å²) in [6.07, 6.45) is 1.90. The highest BCUT2D eigenvalue weighted by Gasteiger charge is 2.12. The Hall–Kier alpha value is 0.0700. The highest BCUT2D eigenvalue weighted by molar-refractivity contribution is 7.98. The molecule has 0 aliphatic carbocycles. The molecule has 0 amide bonds. The van der Waals surface area contributed by atoms with Gasteiger partial charge in [0.05, 0.1) is 6.61 Å². The van der Waals surface area contributed by atoms with Crippen molar-refractivity contribution in [2.24, 2.45) is 5.73 Å². The summed E-state index contributed by atoms with van der Waals surface area (Å²) in [5.41, 5.74) is 5.42. The summed E-state index contributed by atoms with van der Waals surface area (Å²) in [6.45, 7) is 2.17. The standard InChI is InChI=1S/C6H13NO2S.ClH/c1-3-9-6(8)5(7)4-10-2;/h5H,3-4,7H2,1-2H3;1H. The van der Waals surface area contributed by atoms with Crippen LogP contribution in [0.5, 0.6) is 0 Å². The molecule has 0 saturated heterocycles. The molecule has 5 heteroatoms. The molecule has 0 aliphatic heterocycles. The lowest BCUT2D eigenvalue weighted by molar-refractivity contribution is -0.144. The van der Waals surface area contributed by atoms with E-state index in [1.54, 1.807) is 6.92 Å². The van der Waals surface area contributed by atoms with Crippen LogP contribution < -0.4 is 5.73 Å². The van der Waals surface area contributed by atoms with Gasteiger partial charge in [0.15, 0.2) is 0 Å². The number of carbonyl (C=O) groups excluding carboxylic acids is 1. The van der Waals surface area contributed by atoms with Crippen molar-refractivity contribution < 1.29 is 9.53 Å². The molecule has 0 heterocycles. The highest BCUT2D eigenvalue weighted by Crippen LogP contribution is 1.96. The van der Waals surface area contributed by atoms with Gasteiger partial charge in [0.25, 0.3) is 0 Å². The Bertz CT molecular complexity index is 113. The summed E-state index contributed by atoms with van der Waals surface area (Å²) in [6, 6.07) is -0.463. The largest absolute Gasteiger partial charge is 0.465 e. The van der Waals surface area contributed by atoms with Crippen LogP contribution in [0.4, 0.5) is 0 Å². The summed E-state index contributed by atoms with van der Waals surface area (Å²) >= 11 is 1.54. The molecule has 0 spiro atoms. The first-order valence-electron chi connectivity index (χ1n) is 3.13. The normalized spacial score (nSPS) is 11.5. The Morgan fingerprint density at radius 2 is 2.27 bits per heavy atom. The molecule has 0 bridgehead atoms. The lowest BCUT2D eigenvalue weighted by Gasteiger charge is -2.07. The number of carbonyl (C=O) groups is 1. The lowest BCUT2D eigenvalue weighted by Crippen LogP contribution is -2.34. The first-order valence-corrected chi connectivity index (χ1v) is 4.53. The Balaban J connectivity index is 0. The van der Waals surface area contributed by atoms with Crippen molar-refractivity contribution in [3.8, 4) is 0 Å². The molecule has 3 nitrogen and oxygen atoms in total. The van der Waals surface area contributed by atoms with Crippen molar-refractivity contribution in [3.63, 3.8) is 0 Å². The molecule has 0 rings (SSSR count). The quantitative estimate of drug-likeness (QED) is 0.676. The van der Waals surface area contributed by atoms with Gasteiger partial charge in [-0.2, -0.15) is 11.8 Å². The maximum atomic E-state index is 10.8. The third kappa shape index (κ3) is 6.47. The fraction of sp³-hybridized carbons (Fsp3) is 0.833. The number of nitrogens with two attached hydrogens (primary N) is 1. The molecule has 11 heavy (non-hydrogen) atoms. The van der Waals surface area contributed by atoms with Crippen LogP contribution in [0.15, 0.2) is 0 Å². The van der Waals surface area contributed by atoms with E-state index in [2.05, 4.69) is 4.74 Å². The minimum atomic E-state index is -0.463. The Kier molecular flexibility index (Phi) is 10.1. The summed E-state index contributed by atoms with van der Waals surface area (Å²) in [4.78, 5) is 10.8. The van der Waals surface area contributed by atoms with Gasteiger partial charge in [-0.05, 0) is 13.2 Å². The molecule has 1 unspecified atom stereocenters. The number of esters is 1. The Labute approximate surface area is 77.5 Å². The fourth-order valence-corrected chi connectivity index (χ4v) is 0.992. The van der Waals surface area contributed by atoms with Crippen LogP contribution in [0.3, 0.4) is 0 Å². The molecular weight excluding hydrogens is 186 g/mol. The van der Waals surface area contributed by atoms with Crippen LogP contribution in [0.25, 0.3) is 0 Å². The van der Waals surface area contributed by atoms with Crippen molar-refractivity contribution in [2.75, 3.05) is 18.6 Å². The van der Waals surface area contributed by atoms with Gasteiger partial charge in [-0.3, -0.25) is 4.79 Å². The summed E-state index contributed by atoms with van der Waals surface area (Å²) < 4.78 is 4.68. The van der Waals surface area contributed by atoms with E-state index in [1.165, 1.54) is 11.8 Å². The number of ether oxygens (including phenoxy) is 1. The molecule has 0 aromatic heterocycles. The zero-order valence-corrected chi connectivity index (χ0v) is 8.33. The average Bonchev–Trinajstić information content (AvgIpc) is 1.89. The van der Waals surface area contributed by atoms with E-state index in [-0.39, 0.29) is 18.4 Å². The molecule has 0 saturated carbocycles. The van der Waals surface area contributed by atoms with Crippen LogP contribution in [-0.2, 0) is 9.53 Å². The van der Waals surface area contributed by atoms with E-state index < -0.39 is 6.04 Å². The summed E-state index contributed by atoms with van der Waals surface area (Å²) in [5, 5.41) is 0. The SMILES string of the molecule is CCOC(=O)C(N)CSC.Cl. The van der Waals surface area contributed by atoms with E-state index >= 15 is 0 Å². The van der Waals surface area contributed by atoms with Gasteiger partial charge < -0.3 is 10.5 Å². The summed E-state index contributed by atoms with van der Waals surface area (Å²) in [5.74, 6) is 0.315. The third-order valence-corrected chi connectivity index (χ3v) is 1.63. The van der Waals surface area contributed by atoms with Crippen molar-refractivity contribution in [2.45, 2.75) is 13.0 Å². The van der Waals surface area contributed by atoms with Crippen molar-refractivity contribution in [3.05, 3.63) is 0 Å². The molecule has 0 radical (unpaired) electrons. The Morgan fingerprint density at radius 3 is 2.64 bits per heavy atom. The molecule has 0 fully saturated rings. The molecule has 0 aliphatic rings. The average molecular weight is 200 g/mol. The number of thioether (sulfide) groups is 1. The van der Waals surface area contributed by atoms with Crippen molar-refractivity contribution in [1.29, 1.82) is 0 Å². The molecular formula is C6H14ClNO2S. The maximum absolute atomic E-state index is 10.8. The van der Waals surface area contributed by atoms with Gasteiger partial charge in [-0.1, -0.05) is 0 Å². The minimum absolute atomic E-state index is 0. The monoisotopic (exact) mass is 199 g/mol. The van der Waals surface area contributed by atoms with Crippen LogP contribution in [0.2, 0.25) is 0 Å². The van der Waals surface area contributed by atoms with E-state index in [4.69, 9.17) is 5.73 Å². The molecule has 2 N–H and O–H groups in total. The van der Waals surface area contributed by atoms with E-state index in [1.807, 2.05) is 6.26 Å². The number of hydrogen-bond donors (Lipinski definition) is 1. The smallest absolute Gasteiger partial charge is 0.323 e. The van der Waals surface area contributed by atoms with Gasteiger partial charge in [0, 0.05) is 5.75 Å². The van der Waals surface area contributed by atoms with Crippen LogP contribution in [0, 0.1) is 0 Å². The fourth-order valence-electron chi connectivity index (χ4n) is 0.497. The number of hydrogen-bond acceptors (Lipinski definition) is 4. The second-order valence-corrected chi connectivity index (χ2v) is 2.72. The first kappa shape index (κ1) is 13.6. The molecule has 68 valence electrons. The molecule has 1 atom stereocenters. The summed E-state index contributed by atoms with van der Waals surface area (Å²) in [7, 11) is 0. The first-order chi connectivity index (χ1) is 4.72. The molecule has 0 aromatic rings. The Morgan fingerprint density at radius 1 is 1.73 bits per heavy atom. The molecule has 0 aromatic carbocycles. The second kappa shape index (κ2) is 8.17. The van der Waals surface area contributed by atoms with Crippen LogP contribution in [0.1, 0.15) is 6.92 Å².